The van der Waals surface area contributed by atoms with Crippen molar-refractivity contribution in [2.45, 2.75) is 104 Å². The molecule has 250 valence electrons. The Kier molecular flexibility index (Phi) is 11.2. The van der Waals surface area contributed by atoms with E-state index in [2.05, 4.69) is 0 Å². The minimum Gasteiger partial charge on any atom is -0.485 e. The van der Waals surface area contributed by atoms with Gasteiger partial charge in [0.05, 0.1) is 11.5 Å². The first-order valence-corrected chi connectivity index (χ1v) is 14.8. The Morgan fingerprint density at radius 2 is 1.37 bits per heavy atom. The largest absolute Gasteiger partial charge is 0.485 e. The van der Waals surface area contributed by atoms with Gasteiger partial charge >= 0.3 is 35.5 Å². The smallest absolute Gasteiger partial charge is 0.383 e. The molecule has 1 saturated heterocycles. The third-order valence-electron chi connectivity index (χ3n) is 7.07. The summed E-state index contributed by atoms with van der Waals surface area (Å²) in [6, 6.07) is 4.34. The van der Waals surface area contributed by atoms with Crippen LogP contribution in [0.2, 0.25) is 0 Å². The van der Waals surface area contributed by atoms with Crippen molar-refractivity contribution in [3.05, 3.63) is 28.6 Å². The number of ether oxygens (including phenoxy) is 8. The van der Waals surface area contributed by atoms with Crippen molar-refractivity contribution >= 4 is 40.8 Å². The molecule has 1 aromatic carbocycles. The van der Waals surface area contributed by atoms with Gasteiger partial charge in [-0.2, -0.15) is 0 Å². The van der Waals surface area contributed by atoms with E-state index in [4.69, 9.17) is 42.3 Å². The fourth-order valence-corrected chi connectivity index (χ4v) is 5.33. The highest BCUT2D eigenvalue weighted by molar-refractivity contribution is 5.87. The first-order chi connectivity index (χ1) is 21.8. The zero-order valence-corrected chi connectivity index (χ0v) is 26.1. The van der Waals surface area contributed by atoms with Gasteiger partial charge < -0.3 is 42.3 Å². The van der Waals surface area contributed by atoms with Crippen LogP contribution < -0.4 is 19.8 Å². The van der Waals surface area contributed by atoms with E-state index >= 15 is 0 Å². The Hall–Kier alpha value is -4.66. The van der Waals surface area contributed by atoms with E-state index in [9.17, 15) is 28.8 Å². The number of benzene rings is 1. The van der Waals surface area contributed by atoms with Crippen LogP contribution in [0.1, 0.15) is 66.7 Å². The van der Waals surface area contributed by atoms with Crippen LogP contribution in [0.25, 0.3) is 11.0 Å². The van der Waals surface area contributed by atoms with Gasteiger partial charge in [-0.05, 0) is 37.8 Å². The van der Waals surface area contributed by atoms with E-state index in [1.807, 2.05) is 0 Å². The lowest BCUT2D eigenvalue weighted by molar-refractivity contribution is -0.288. The van der Waals surface area contributed by atoms with Crippen LogP contribution in [-0.4, -0.2) is 73.3 Å². The van der Waals surface area contributed by atoms with Gasteiger partial charge in [0.25, 0.3) is 5.75 Å². The molecule has 2 aromatic rings. The molecule has 2 fully saturated rings. The van der Waals surface area contributed by atoms with Crippen molar-refractivity contribution in [3.8, 4) is 17.2 Å². The number of hydrogen-bond donors (Lipinski definition) is 0. The predicted molar refractivity (Wildman–Crippen MR) is 154 cm³/mol. The molecule has 2 aliphatic rings. The van der Waals surface area contributed by atoms with Gasteiger partial charge in [-0.3, -0.25) is 24.0 Å². The monoisotopic (exact) mass is 648 g/mol. The molecule has 5 atom stereocenters. The number of carbonyl (C=O) groups excluding carboxylic acids is 5. The third kappa shape index (κ3) is 8.74. The molecule has 1 aliphatic carbocycles. The Balaban J connectivity index is 1.74. The van der Waals surface area contributed by atoms with Crippen LogP contribution >= 0.6 is 0 Å². The van der Waals surface area contributed by atoms with Gasteiger partial charge in [0.2, 0.25) is 12.4 Å². The second-order valence-electron chi connectivity index (χ2n) is 10.9. The lowest BCUT2D eigenvalue weighted by Gasteiger charge is -2.43. The molecule has 15 nitrogen and oxygen atoms in total. The molecule has 1 aliphatic heterocycles. The van der Waals surface area contributed by atoms with Crippen molar-refractivity contribution in [1.29, 1.82) is 0 Å². The normalized spacial score (nSPS) is 23.1. The Morgan fingerprint density at radius 1 is 0.739 bits per heavy atom. The molecule has 2 heterocycles. The lowest BCUT2D eigenvalue weighted by Crippen LogP contribution is -2.63. The van der Waals surface area contributed by atoms with E-state index in [-0.39, 0.29) is 28.9 Å². The van der Waals surface area contributed by atoms with Gasteiger partial charge in [-0.1, -0.05) is 6.42 Å². The van der Waals surface area contributed by atoms with Crippen LogP contribution in [0.3, 0.4) is 0 Å². The quantitative estimate of drug-likeness (QED) is 0.207. The molecule has 15 heteroatoms. The fourth-order valence-electron chi connectivity index (χ4n) is 5.33. The van der Waals surface area contributed by atoms with E-state index in [1.165, 1.54) is 18.2 Å². The molecular formula is C31H36O15. The maximum absolute atomic E-state index is 13.0. The van der Waals surface area contributed by atoms with Crippen LogP contribution in [-0.2, 0) is 47.7 Å². The predicted octanol–water partition coefficient (Wildman–Crippen LogP) is 2.89. The van der Waals surface area contributed by atoms with Crippen LogP contribution in [0.15, 0.2) is 27.4 Å². The van der Waals surface area contributed by atoms with E-state index < -0.39 is 72.8 Å². The molecule has 0 unspecified atom stereocenters. The minimum absolute atomic E-state index is 0.00912. The highest BCUT2D eigenvalue weighted by Gasteiger charge is 2.53. The van der Waals surface area contributed by atoms with Gasteiger partial charge in [-0.25, -0.2) is 4.79 Å². The molecular weight excluding hydrogens is 612 g/mol. The average Bonchev–Trinajstić information content (AvgIpc) is 2.96. The van der Waals surface area contributed by atoms with Gasteiger partial charge in [0.1, 0.15) is 24.0 Å². The Morgan fingerprint density at radius 3 is 1.98 bits per heavy atom. The maximum Gasteiger partial charge on any atom is 0.383 e. The molecule has 4 rings (SSSR count). The maximum atomic E-state index is 13.0. The zero-order valence-electron chi connectivity index (χ0n) is 26.1. The summed E-state index contributed by atoms with van der Waals surface area (Å²) in [5, 5.41) is 0.315. The highest BCUT2D eigenvalue weighted by atomic mass is 16.7. The first kappa shape index (κ1) is 34.2. The summed E-state index contributed by atoms with van der Waals surface area (Å²) in [6.45, 7) is 5.19. The van der Waals surface area contributed by atoms with E-state index in [0.717, 1.165) is 66.7 Å². The van der Waals surface area contributed by atoms with Crippen molar-refractivity contribution < 1.29 is 66.3 Å². The van der Waals surface area contributed by atoms with Crippen LogP contribution in [0, 0.1) is 0 Å². The second kappa shape index (κ2) is 15.1. The average molecular weight is 649 g/mol. The standard InChI is InChI=1S/C31H36O15/c1-15(32)38-14-24-26(39-16(2)33)27(40-17(3)34)29(42-19(5)36)31(46-24)44-21-11-12-22-23(13-21)45-30(37)28(41-18(4)35)25(22)43-20-9-7-6-8-10-20/h11-13,20,24,26-27,29,31H,6-10,14H2,1-5H3/t24-,26-,27+,29-,31-/m1/s1. The highest BCUT2D eigenvalue weighted by Crippen LogP contribution is 2.38. The van der Waals surface area contributed by atoms with Crippen molar-refractivity contribution in [1.82, 2.24) is 0 Å². The van der Waals surface area contributed by atoms with E-state index in [0.29, 0.717) is 5.39 Å². The summed E-state index contributed by atoms with van der Waals surface area (Å²) >= 11 is 0. The Labute approximate surface area is 263 Å². The van der Waals surface area contributed by atoms with Crippen molar-refractivity contribution in [2.24, 2.45) is 0 Å². The molecule has 0 N–H and O–H groups in total. The fraction of sp³-hybridized carbons (Fsp3) is 0.548. The topological polar surface area (TPSA) is 189 Å². The van der Waals surface area contributed by atoms with E-state index in [1.54, 1.807) is 0 Å². The van der Waals surface area contributed by atoms with Crippen LogP contribution in [0.4, 0.5) is 0 Å². The molecule has 0 spiro atoms. The second-order valence-corrected chi connectivity index (χ2v) is 10.9. The SMILES string of the molecule is CC(=O)OC[C@H]1O[C@@H](Oc2ccc3c(OC4CCCCC4)c(OC(C)=O)c(=O)oc3c2)[C@H](OC(C)=O)[C@@H](OC(C)=O)[C@@H]1OC(C)=O. The zero-order chi connectivity index (χ0) is 33.5. The van der Waals surface area contributed by atoms with Crippen LogP contribution in [0.5, 0.6) is 17.2 Å². The molecule has 1 aromatic heterocycles. The molecule has 1 saturated carbocycles. The van der Waals surface area contributed by atoms with Gasteiger partial charge in [0.15, 0.2) is 18.0 Å². The molecule has 0 amide bonds. The lowest BCUT2D eigenvalue weighted by atomic mass is 9.97. The number of carbonyl (C=O) groups is 5. The minimum atomic E-state index is -1.51. The number of fused-ring (bicyclic) bond motifs is 1. The molecule has 46 heavy (non-hydrogen) atoms. The summed E-state index contributed by atoms with van der Waals surface area (Å²) in [5.74, 6) is -4.06. The number of hydrogen-bond acceptors (Lipinski definition) is 15. The summed E-state index contributed by atoms with van der Waals surface area (Å²) in [4.78, 5) is 72.6. The summed E-state index contributed by atoms with van der Waals surface area (Å²) in [7, 11) is 0. The van der Waals surface area contributed by atoms with Gasteiger partial charge in [0, 0.05) is 40.7 Å². The first-order valence-electron chi connectivity index (χ1n) is 14.8. The van der Waals surface area contributed by atoms with Crippen molar-refractivity contribution in [3.63, 3.8) is 0 Å². The Bertz CT molecular complexity index is 1520. The number of rotatable bonds is 10. The van der Waals surface area contributed by atoms with Gasteiger partial charge in [-0.15, -0.1) is 0 Å². The summed E-state index contributed by atoms with van der Waals surface area (Å²) in [6.07, 6.45) is -2.76. The van der Waals surface area contributed by atoms with Crippen molar-refractivity contribution in [2.75, 3.05) is 6.61 Å². The molecule has 0 radical (unpaired) electrons. The third-order valence-corrected chi connectivity index (χ3v) is 7.07. The molecule has 0 bridgehead atoms. The number of esters is 5. The summed E-state index contributed by atoms with van der Waals surface area (Å²) < 4.78 is 50.2. The summed E-state index contributed by atoms with van der Waals surface area (Å²) in [5.41, 5.74) is -0.951.